The smallest absolute Gasteiger partial charge is 0.348 e. The van der Waals surface area contributed by atoms with E-state index in [-0.39, 0.29) is 16.0 Å². The Balaban J connectivity index is 2.40. The summed E-state index contributed by atoms with van der Waals surface area (Å²) in [5.41, 5.74) is 7.44. The minimum absolute atomic E-state index is 0.0545. The molecule has 1 aromatic carbocycles. The highest BCUT2D eigenvalue weighted by atomic mass is 32.1. The lowest BCUT2D eigenvalue weighted by Crippen LogP contribution is -2.20. The number of rotatable bonds is 3. The number of carbonyl (C=O) groups excluding carboxylic acids is 1. The maximum atomic E-state index is 11.3. The molecule has 0 atom stereocenters. The largest absolute Gasteiger partial charge is 0.477 e. The van der Waals surface area contributed by atoms with Gasteiger partial charge in [0.05, 0.1) is 5.69 Å². The molecular weight excluding hydrogens is 300 g/mol. The highest BCUT2D eigenvalue weighted by molar-refractivity contribution is 7.18. The summed E-state index contributed by atoms with van der Waals surface area (Å²) in [6.45, 7) is 6.39. The van der Waals surface area contributed by atoms with E-state index >= 15 is 0 Å². The average molecular weight is 318 g/mol. The summed E-state index contributed by atoms with van der Waals surface area (Å²) in [6.07, 6.45) is 0. The first-order valence-electron chi connectivity index (χ1n) is 6.73. The fraction of sp³-hybridized carbons (Fsp3) is 0.250. The number of primary amides is 1. The van der Waals surface area contributed by atoms with E-state index in [1.54, 1.807) is 6.07 Å². The van der Waals surface area contributed by atoms with Gasteiger partial charge >= 0.3 is 12.0 Å². The van der Waals surface area contributed by atoms with Crippen LogP contribution in [-0.4, -0.2) is 17.1 Å². The molecule has 4 N–H and O–H groups in total. The number of urea groups is 1. The third-order valence-corrected chi connectivity index (χ3v) is 4.39. The van der Waals surface area contributed by atoms with Gasteiger partial charge in [-0.3, -0.25) is 0 Å². The van der Waals surface area contributed by atoms with Crippen LogP contribution in [0.15, 0.2) is 30.3 Å². The van der Waals surface area contributed by atoms with Gasteiger partial charge in [-0.2, -0.15) is 0 Å². The van der Waals surface area contributed by atoms with Gasteiger partial charge in [-0.1, -0.05) is 45.0 Å². The first-order chi connectivity index (χ1) is 10.2. The molecule has 6 heteroatoms. The van der Waals surface area contributed by atoms with Crippen LogP contribution in [-0.2, 0) is 5.41 Å². The van der Waals surface area contributed by atoms with Crippen molar-refractivity contribution in [1.29, 1.82) is 0 Å². The standard InChI is InChI=1S/C16H18N2O3S/c1-16(2,3)10-6-4-9(5-7-10)12-8-11(18-15(17)21)13(22-12)14(19)20/h4-8H,1-3H3,(H,19,20)(H3,17,18,21). The van der Waals surface area contributed by atoms with Crippen LogP contribution in [0, 0.1) is 0 Å². The Morgan fingerprint density at radius 3 is 2.23 bits per heavy atom. The Morgan fingerprint density at radius 1 is 1.18 bits per heavy atom. The molecule has 2 aromatic rings. The number of carboxylic acids is 1. The van der Waals surface area contributed by atoms with Gasteiger partial charge in [0.1, 0.15) is 4.88 Å². The predicted molar refractivity (Wildman–Crippen MR) is 88.6 cm³/mol. The molecule has 1 heterocycles. The molecule has 2 amide bonds. The molecule has 0 aliphatic rings. The van der Waals surface area contributed by atoms with Gasteiger partial charge in [0.25, 0.3) is 0 Å². The summed E-state index contributed by atoms with van der Waals surface area (Å²) in [4.78, 5) is 23.0. The van der Waals surface area contributed by atoms with Crippen molar-refractivity contribution in [2.24, 2.45) is 5.73 Å². The van der Waals surface area contributed by atoms with Crippen LogP contribution in [0.3, 0.4) is 0 Å². The van der Waals surface area contributed by atoms with Crippen molar-refractivity contribution in [3.05, 3.63) is 40.8 Å². The van der Waals surface area contributed by atoms with E-state index in [4.69, 9.17) is 5.73 Å². The van der Waals surface area contributed by atoms with Crippen molar-refractivity contribution in [3.63, 3.8) is 0 Å². The van der Waals surface area contributed by atoms with Crippen LogP contribution in [0.5, 0.6) is 0 Å². The molecular formula is C16H18N2O3S. The second-order valence-electron chi connectivity index (χ2n) is 5.98. The third kappa shape index (κ3) is 3.46. The fourth-order valence-electron chi connectivity index (χ4n) is 2.05. The Bertz CT molecular complexity index is 712. The van der Waals surface area contributed by atoms with E-state index in [1.807, 2.05) is 24.3 Å². The number of carboxylic acid groups (broad SMARTS) is 1. The zero-order valence-corrected chi connectivity index (χ0v) is 13.5. The number of hydrogen-bond donors (Lipinski definition) is 3. The molecule has 22 heavy (non-hydrogen) atoms. The van der Waals surface area contributed by atoms with Gasteiger partial charge in [0, 0.05) is 4.88 Å². The number of aromatic carboxylic acids is 1. The summed E-state index contributed by atoms with van der Waals surface area (Å²) >= 11 is 1.11. The number of thiophene rings is 1. The predicted octanol–water partition coefficient (Wildman–Crippen LogP) is 3.90. The molecule has 0 radical (unpaired) electrons. The number of nitrogens with one attached hydrogen (secondary N) is 1. The van der Waals surface area contributed by atoms with E-state index < -0.39 is 12.0 Å². The number of benzene rings is 1. The lowest BCUT2D eigenvalue weighted by molar-refractivity contribution is 0.0703. The second-order valence-corrected chi connectivity index (χ2v) is 7.03. The fourth-order valence-corrected chi connectivity index (χ4v) is 3.01. The minimum Gasteiger partial charge on any atom is -0.477 e. The second kappa shape index (κ2) is 5.81. The molecule has 0 bridgehead atoms. The molecule has 0 saturated carbocycles. The topological polar surface area (TPSA) is 92.4 Å². The van der Waals surface area contributed by atoms with Gasteiger partial charge in [-0.05, 0) is 22.6 Å². The van der Waals surface area contributed by atoms with E-state index in [0.29, 0.717) is 0 Å². The zero-order valence-electron chi connectivity index (χ0n) is 12.6. The Kier molecular flexibility index (Phi) is 4.23. The zero-order chi connectivity index (χ0) is 16.5. The Labute approximate surface area is 132 Å². The van der Waals surface area contributed by atoms with Gasteiger partial charge < -0.3 is 16.2 Å². The van der Waals surface area contributed by atoms with Gasteiger partial charge in [-0.15, -0.1) is 11.3 Å². The summed E-state index contributed by atoms with van der Waals surface area (Å²) < 4.78 is 0. The van der Waals surface area contributed by atoms with Crippen LogP contribution in [0.4, 0.5) is 10.5 Å². The summed E-state index contributed by atoms with van der Waals surface area (Å²) in [5, 5.41) is 11.6. The van der Waals surface area contributed by atoms with Crippen LogP contribution < -0.4 is 11.1 Å². The van der Waals surface area contributed by atoms with Crippen LogP contribution in [0.1, 0.15) is 36.0 Å². The van der Waals surface area contributed by atoms with Crippen molar-refractivity contribution in [1.82, 2.24) is 0 Å². The molecule has 0 unspecified atom stereocenters. The number of carbonyl (C=O) groups is 2. The maximum Gasteiger partial charge on any atom is 0.348 e. The molecule has 0 aliphatic heterocycles. The normalized spacial score (nSPS) is 11.2. The van der Waals surface area contributed by atoms with Crippen LogP contribution in [0.25, 0.3) is 10.4 Å². The quantitative estimate of drug-likeness (QED) is 0.801. The highest BCUT2D eigenvalue weighted by Gasteiger charge is 2.18. The molecule has 0 fully saturated rings. The molecule has 2 rings (SSSR count). The van der Waals surface area contributed by atoms with Gasteiger partial charge in [0.2, 0.25) is 0 Å². The van der Waals surface area contributed by atoms with E-state index in [0.717, 1.165) is 21.8 Å². The summed E-state index contributed by atoms with van der Waals surface area (Å²) in [5.74, 6) is -1.09. The average Bonchev–Trinajstić information content (AvgIpc) is 2.81. The molecule has 116 valence electrons. The Morgan fingerprint density at radius 2 is 1.77 bits per heavy atom. The molecule has 0 saturated heterocycles. The van der Waals surface area contributed by atoms with Crippen molar-refractivity contribution in [2.45, 2.75) is 26.2 Å². The van der Waals surface area contributed by atoms with E-state index in [9.17, 15) is 14.7 Å². The lowest BCUT2D eigenvalue weighted by Gasteiger charge is -2.18. The number of hydrogen-bond acceptors (Lipinski definition) is 3. The highest BCUT2D eigenvalue weighted by Crippen LogP contribution is 2.35. The third-order valence-electron chi connectivity index (χ3n) is 3.22. The van der Waals surface area contributed by atoms with E-state index in [1.165, 1.54) is 5.56 Å². The van der Waals surface area contributed by atoms with Gasteiger partial charge in [-0.25, -0.2) is 9.59 Å². The van der Waals surface area contributed by atoms with Crippen molar-refractivity contribution in [2.75, 3.05) is 5.32 Å². The SMILES string of the molecule is CC(C)(C)c1ccc(-c2cc(NC(N)=O)c(C(=O)O)s2)cc1. The van der Waals surface area contributed by atoms with Crippen molar-refractivity contribution in [3.8, 4) is 10.4 Å². The number of amides is 2. The molecule has 0 aliphatic carbocycles. The van der Waals surface area contributed by atoms with Crippen LogP contribution >= 0.6 is 11.3 Å². The minimum atomic E-state index is -1.09. The van der Waals surface area contributed by atoms with Gasteiger partial charge in [0.15, 0.2) is 0 Å². The summed E-state index contributed by atoms with van der Waals surface area (Å²) in [6, 6.07) is 8.80. The number of nitrogens with two attached hydrogens (primary N) is 1. The monoisotopic (exact) mass is 318 g/mol. The van der Waals surface area contributed by atoms with E-state index in [2.05, 4.69) is 26.1 Å². The maximum absolute atomic E-state index is 11.3. The first kappa shape index (κ1) is 16.0. The molecule has 1 aromatic heterocycles. The van der Waals surface area contributed by atoms with Crippen molar-refractivity contribution < 1.29 is 14.7 Å². The summed E-state index contributed by atoms with van der Waals surface area (Å²) in [7, 11) is 0. The lowest BCUT2D eigenvalue weighted by atomic mass is 9.86. The van der Waals surface area contributed by atoms with Crippen LogP contribution in [0.2, 0.25) is 0 Å². The molecule has 0 spiro atoms. The Hall–Kier alpha value is -2.34. The number of anilines is 1. The first-order valence-corrected chi connectivity index (χ1v) is 7.54. The van der Waals surface area contributed by atoms with Crippen molar-refractivity contribution >= 4 is 29.0 Å². The molecule has 5 nitrogen and oxygen atoms in total.